The van der Waals surface area contributed by atoms with Crippen LogP contribution in [0.2, 0.25) is 0 Å². The molecule has 0 spiro atoms. The first-order valence-corrected chi connectivity index (χ1v) is 5.28. The van der Waals surface area contributed by atoms with Crippen molar-refractivity contribution in [3.05, 3.63) is 65.3 Å². The fourth-order valence-electron chi connectivity index (χ4n) is 1.78. The van der Waals surface area contributed by atoms with Crippen LogP contribution in [0.15, 0.2) is 64.1 Å². The van der Waals surface area contributed by atoms with Crippen LogP contribution >= 0.6 is 0 Å². The van der Waals surface area contributed by atoms with E-state index >= 15 is 0 Å². The predicted octanol–water partition coefficient (Wildman–Crippen LogP) is 2.86. The van der Waals surface area contributed by atoms with Crippen molar-refractivity contribution in [1.82, 2.24) is 4.98 Å². The van der Waals surface area contributed by atoms with Gasteiger partial charge in [0.05, 0.1) is 11.8 Å². The number of rotatable bonds is 1. The summed E-state index contributed by atoms with van der Waals surface area (Å²) in [6, 6.07) is 13.1. The van der Waals surface area contributed by atoms with Crippen LogP contribution in [0.5, 0.6) is 0 Å². The van der Waals surface area contributed by atoms with Crippen molar-refractivity contribution in [1.29, 1.82) is 0 Å². The maximum atomic E-state index is 11.8. The maximum absolute atomic E-state index is 11.8. The number of nitrogens with zero attached hydrogens (tertiary/aromatic N) is 1. The van der Waals surface area contributed by atoms with Gasteiger partial charge >= 0.3 is 5.63 Å². The predicted molar refractivity (Wildman–Crippen MR) is 65.7 cm³/mol. The Balaban J connectivity index is 2.31. The largest absolute Gasteiger partial charge is 0.421 e. The molecular formula is C14H9NO2. The molecule has 0 N–H and O–H groups in total. The highest BCUT2D eigenvalue weighted by molar-refractivity contribution is 5.80. The van der Waals surface area contributed by atoms with Gasteiger partial charge in [0.25, 0.3) is 0 Å². The highest BCUT2D eigenvalue weighted by Gasteiger charge is 2.06. The Morgan fingerprint density at radius 2 is 1.88 bits per heavy atom. The molecule has 0 amide bonds. The third-order valence-electron chi connectivity index (χ3n) is 2.62. The van der Waals surface area contributed by atoms with Crippen LogP contribution in [0.4, 0.5) is 0 Å². The Bertz CT molecular complexity index is 717. The summed E-state index contributed by atoms with van der Waals surface area (Å²) in [5.74, 6) is 0. The number of hydrogen-bond donors (Lipinski definition) is 0. The SMILES string of the molecule is O=c1oc2cnccc2cc1-c1ccccc1. The van der Waals surface area contributed by atoms with Crippen LogP contribution in [0, 0.1) is 0 Å². The van der Waals surface area contributed by atoms with Gasteiger partial charge in [-0.15, -0.1) is 0 Å². The van der Waals surface area contributed by atoms with Gasteiger partial charge in [0, 0.05) is 11.6 Å². The Kier molecular flexibility index (Phi) is 2.22. The Morgan fingerprint density at radius 1 is 1.06 bits per heavy atom. The fraction of sp³-hybridized carbons (Fsp3) is 0. The van der Waals surface area contributed by atoms with Crippen LogP contribution in [-0.4, -0.2) is 4.98 Å². The third kappa shape index (κ3) is 1.72. The van der Waals surface area contributed by atoms with Crippen molar-refractivity contribution in [3.63, 3.8) is 0 Å². The molecule has 3 aromatic rings. The number of aromatic nitrogens is 1. The molecule has 2 aromatic heterocycles. The molecule has 0 aliphatic carbocycles. The van der Waals surface area contributed by atoms with Gasteiger partial charge in [-0.3, -0.25) is 4.98 Å². The molecule has 82 valence electrons. The van der Waals surface area contributed by atoms with Crippen LogP contribution in [-0.2, 0) is 0 Å². The number of pyridine rings is 1. The highest BCUT2D eigenvalue weighted by atomic mass is 16.4. The summed E-state index contributed by atoms with van der Waals surface area (Å²) in [5, 5.41) is 0.874. The first-order chi connectivity index (χ1) is 8.34. The molecule has 2 heterocycles. The number of benzene rings is 1. The van der Waals surface area contributed by atoms with Crippen molar-refractivity contribution in [2.75, 3.05) is 0 Å². The van der Waals surface area contributed by atoms with Gasteiger partial charge in [-0.2, -0.15) is 0 Å². The molecule has 0 fully saturated rings. The van der Waals surface area contributed by atoms with Crippen molar-refractivity contribution in [3.8, 4) is 11.1 Å². The van der Waals surface area contributed by atoms with Crippen LogP contribution in [0.1, 0.15) is 0 Å². The van der Waals surface area contributed by atoms with E-state index in [2.05, 4.69) is 4.98 Å². The smallest absolute Gasteiger partial charge is 0.344 e. The molecular weight excluding hydrogens is 214 g/mol. The molecule has 0 saturated carbocycles. The van der Waals surface area contributed by atoms with Crippen molar-refractivity contribution in [2.24, 2.45) is 0 Å². The molecule has 0 bridgehead atoms. The van der Waals surface area contributed by atoms with Gasteiger partial charge in [0.2, 0.25) is 0 Å². The van der Waals surface area contributed by atoms with E-state index in [0.717, 1.165) is 10.9 Å². The minimum Gasteiger partial charge on any atom is -0.421 e. The molecule has 0 atom stereocenters. The molecule has 17 heavy (non-hydrogen) atoms. The quantitative estimate of drug-likeness (QED) is 0.637. The minimum atomic E-state index is -0.336. The second-order valence-corrected chi connectivity index (χ2v) is 3.73. The molecule has 0 saturated heterocycles. The number of fused-ring (bicyclic) bond motifs is 1. The third-order valence-corrected chi connectivity index (χ3v) is 2.62. The fourth-order valence-corrected chi connectivity index (χ4v) is 1.78. The minimum absolute atomic E-state index is 0.336. The molecule has 0 aliphatic heterocycles. The van der Waals surface area contributed by atoms with E-state index in [9.17, 15) is 4.79 Å². The zero-order valence-corrected chi connectivity index (χ0v) is 8.96. The zero-order chi connectivity index (χ0) is 11.7. The molecule has 1 aromatic carbocycles. The lowest BCUT2D eigenvalue weighted by atomic mass is 10.1. The molecule has 0 radical (unpaired) electrons. The summed E-state index contributed by atoms with van der Waals surface area (Å²) in [7, 11) is 0. The van der Waals surface area contributed by atoms with Gasteiger partial charge in [-0.05, 0) is 17.7 Å². The molecule has 3 rings (SSSR count). The lowest BCUT2D eigenvalue weighted by molar-refractivity contribution is 0.562. The average molecular weight is 223 g/mol. The Morgan fingerprint density at radius 3 is 2.71 bits per heavy atom. The van der Waals surface area contributed by atoms with E-state index in [1.165, 1.54) is 0 Å². The van der Waals surface area contributed by atoms with Crippen LogP contribution < -0.4 is 5.63 Å². The summed E-state index contributed by atoms with van der Waals surface area (Å²) < 4.78 is 5.23. The van der Waals surface area contributed by atoms with Gasteiger partial charge in [0.1, 0.15) is 0 Å². The first kappa shape index (κ1) is 9.78. The molecule has 3 heteroatoms. The molecule has 0 aliphatic rings. The van der Waals surface area contributed by atoms with Crippen molar-refractivity contribution >= 4 is 11.0 Å². The second-order valence-electron chi connectivity index (χ2n) is 3.73. The normalized spacial score (nSPS) is 10.6. The van der Waals surface area contributed by atoms with Crippen LogP contribution in [0.25, 0.3) is 22.1 Å². The summed E-state index contributed by atoms with van der Waals surface area (Å²) in [5.41, 5.74) is 1.61. The maximum Gasteiger partial charge on any atom is 0.344 e. The highest BCUT2D eigenvalue weighted by Crippen LogP contribution is 2.19. The van der Waals surface area contributed by atoms with E-state index in [-0.39, 0.29) is 5.63 Å². The van der Waals surface area contributed by atoms with E-state index in [4.69, 9.17) is 4.42 Å². The lowest BCUT2D eigenvalue weighted by Crippen LogP contribution is -2.02. The van der Waals surface area contributed by atoms with E-state index in [1.54, 1.807) is 12.4 Å². The average Bonchev–Trinajstić information content (AvgIpc) is 2.39. The van der Waals surface area contributed by atoms with Crippen LogP contribution in [0.3, 0.4) is 0 Å². The molecule has 3 nitrogen and oxygen atoms in total. The standard InChI is InChI=1S/C14H9NO2/c16-14-12(10-4-2-1-3-5-10)8-11-6-7-15-9-13(11)17-14/h1-9H. The molecule has 0 unspecified atom stereocenters. The zero-order valence-electron chi connectivity index (χ0n) is 8.96. The topological polar surface area (TPSA) is 43.1 Å². The van der Waals surface area contributed by atoms with E-state index in [1.807, 2.05) is 42.5 Å². The van der Waals surface area contributed by atoms with Gasteiger partial charge < -0.3 is 4.42 Å². The summed E-state index contributed by atoms with van der Waals surface area (Å²) in [4.78, 5) is 15.8. The Hall–Kier alpha value is -2.42. The lowest BCUT2D eigenvalue weighted by Gasteiger charge is -2.01. The Labute approximate surface area is 97.4 Å². The first-order valence-electron chi connectivity index (χ1n) is 5.28. The summed E-state index contributed by atoms with van der Waals surface area (Å²) >= 11 is 0. The van der Waals surface area contributed by atoms with E-state index < -0.39 is 0 Å². The van der Waals surface area contributed by atoms with Gasteiger partial charge in [-0.1, -0.05) is 30.3 Å². The summed E-state index contributed by atoms with van der Waals surface area (Å²) in [6.07, 6.45) is 3.22. The number of hydrogen-bond acceptors (Lipinski definition) is 3. The second kappa shape index (κ2) is 3.87. The van der Waals surface area contributed by atoms with E-state index in [0.29, 0.717) is 11.1 Å². The monoisotopic (exact) mass is 223 g/mol. The van der Waals surface area contributed by atoms with Gasteiger partial charge in [-0.25, -0.2) is 4.79 Å². The van der Waals surface area contributed by atoms with Crippen molar-refractivity contribution < 1.29 is 4.42 Å². The summed E-state index contributed by atoms with van der Waals surface area (Å²) in [6.45, 7) is 0. The van der Waals surface area contributed by atoms with Gasteiger partial charge in [0.15, 0.2) is 5.58 Å². The van der Waals surface area contributed by atoms with Crippen molar-refractivity contribution in [2.45, 2.75) is 0 Å².